The molecule has 0 radical (unpaired) electrons. The van der Waals surface area contributed by atoms with Crippen molar-refractivity contribution < 1.29 is 13.9 Å². The van der Waals surface area contributed by atoms with Gasteiger partial charge in [-0.1, -0.05) is 0 Å². The Labute approximate surface area is 99.4 Å². The van der Waals surface area contributed by atoms with Crippen LogP contribution in [0.2, 0.25) is 0 Å². The molecule has 2 aromatic rings. The summed E-state index contributed by atoms with van der Waals surface area (Å²) < 4.78 is 19.3. The van der Waals surface area contributed by atoms with Crippen molar-refractivity contribution in [2.24, 2.45) is 0 Å². The maximum Gasteiger partial charge on any atom is 0.308 e. The lowest BCUT2D eigenvalue weighted by molar-refractivity contribution is -0.132. The summed E-state index contributed by atoms with van der Waals surface area (Å²) in [6.45, 7) is 1.22. The Morgan fingerprint density at radius 3 is 2.94 bits per heavy atom. The van der Waals surface area contributed by atoms with Crippen LogP contribution in [0, 0.1) is 5.82 Å². The molecule has 1 aromatic heterocycles. The monoisotopic (exact) mass is 283 g/mol. The van der Waals surface area contributed by atoms with Gasteiger partial charge in [-0.3, -0.25) is 9.78 Å². The molecule has 0 aliphatic carbocycles. The maximum absolute atomic E-state index is 13.9. The first kappa shape index (κ1) is 11.0. The average Bonchev–Trinajstić information content (AvgIpc) is 2.22. The zero-order valence-corrected chi connectivity index (χ0v) is 9.92. The van der Waals surface area contributed by atoms with Crippen molar-refractivity contribution >= 4 is 32.8 Å². The van der Waals surface area contributed by atoms with Gasteiger partial charge in [0.1, 0.15) is 0 Å². The first-order chi connectivity index (χ1) is 7.58. The summed E-state index contributed by atoms with van der Waals surface area (Å²) in [6, 6.07) is 4.58. The smallest absolute Gasteiger partial charge is 0.308 e. The van der Waals surface area contributed by atoms with Crippen molar-refractivity contribution in [2.75, 3.05) is 0 Å². The van der Waals surface area contributed by atoms with E-state index in [9.17, 15) is 9.18 Å². The van der Waals surface area contributed by atoms with E-state index in [1.54, 1.807) is 18.3 Å². The molecule has 0 fully saturated rings. The van der Waals surface area contributed by atoms with E-state index in [2.05, 4.69) is 20.9 Å². The van der Waals surface area contributed by atoms with E-state index in [-0.39, 0.29) is 5.75 Å². The molecule has 82 valence electrons. The van der Waals surface area contributed by atoms with Crippen molar-refractivity contribution in [2.45, 2.75) is 6.92 Å². The van der Waals surface area contributed by atoms with Crippen molar-refractivity contribution in [1.29, 1.82) is 0 Å². The summed E-state index contributed by atoms with van der Waals surface area (Å²) in [6.07, 6.45) is 1.58. The molecule has 0 saturated heterocycles. The van der Waals surface area contributed by atoms with Crippen molar-refractivity contribution in [3.63, 3.8) is 0 Å². The molecule has 0 spiro atoms. The first-order valence-electron chi connectivity index (χ1n) is 4.50. The highest BCUT2D eigenvalue weighted by molar-refractivity contribution is 9.10. The fourth-order valence-corrected chi connectivity index (χ4v) is 1.68. The molecule has 0 amide bonds. The molecule has 1 aromatic carbocycles. The number of hydrogen-bond acceptors (Lipinski definition) is 3. The van der Waals surface area contributed by atoms with Gasteiger partial charge in [-0.2, -0.15) is 0 Å². The van der Waals surface area contributed by atoms with Gasteiger partial charge in [0, 0.05) is 23.0 Å². The topological polar surface area (TPSA) is 39.2 Å². The minimum atomic E-state index is -0.582. The predicted octanol–water partition coefficient (Wildman–Crippen LogP) is 3.06. The Bertz CT molecular complexity index is 571. The van der Waals surface area contributed by atoms with Crippen LogP contribution < -0.4 is 4.74 Å². The molecule has 1 heterocycles. The molecule has 3 nitrogen and oxygen atoms in total. The molecular weight excluding hydrogens is 277 g/mol. The molecular formula is C11H7BrFNO2. The number of hydrogen-bond donors (Lipinski definition) is 0. The minimum absolute atomic E-state index is 0.0834. The zero-order chi connectivity index (χ0) is 11.7. The molecule has 0 atom stereocenters. The van der Waals surface area contributed by atoms with Gasteiger partial charge < -0.3 is 4.74 Å². The highest BCUT2D eigenvalue weighted by Gasteiger charge is 2.11. The lowest BCUT2D eigenvalue weighted by atomic mass is 10.2. The van der Waals surface area contributed by atoms with E-state index in [0.29, 0.717) is 15.4 Å². The van der Waals surface area contributed by atoms with Crippen molar-refractivity contribution in [3.8, 4) is 5.75 Å². The number of pyridine rings is 1. The Morgan fingerprint density at radius 2 is 2.25 bits per heavy atom. The normalized spacial score (nSPS) is 10.4. The number of halogens is 2. The SMILES string of the molecule is CC(=O)Oc1ccc2ncc(Br)cc2c1F. The lowest BCUT2D eigenvalue weighted by Crippen LogP contribution is -2.03. The third kappa shape index (κ3) is 2.04. The van der Waals surface area contributed by atoms with Crippen LogP contribution in [0.1, 0.15) is 6.92 Å². The van der Waals surface area contributed by atoms with E-state index in [0.717, 1.165) is 0 Å². The largest absolute Gasteiger partial charge is 0.424 e. The number of rotatable bonds is 1. The third-order valence-corrected chi connectivity index (χ3v) is 2.42. The molecule has 0 aliphatic rings. The molecule has 2 rings (SSSR count). The Morgan fingerprint density at radius 1 is 1.50 bits per heavy atom. The van der Waals surface area contributed by atoms with E-state index in [4.69, 9.17) is 4.74 Å². The van der Waals surface area contributed by atoms with Crippen LogP contribution in [0.4, 0.5) is 4.39 Å². The second-order valence-corrected chi connectivity index (χ2v) is 4.11. The molecule has 0 bridgehead atoms. The lowest BCUT2D eigenvalue weighted by Gasteiger charge is -2.05. The number of esters is 1. The predicted molar refractivity (Wildman–Crippen MR) is 60.7 cm³/mol. The van der Waals surface area contributed by atoms with Crippen LogP contribution in [0.5, 0.6) is 5.75 Å². The van der Waals surface area contributed by atoms with Gasteiger partial charge in [0.2, 0.25) is 0 Å². The third-order valence-electron chi connectivity index (χ3n) is 1.98. The molecule has 16 heavy (non-hydrogen) atoms. The quantitative estimate of drug-likeness (QED) is 0.596. The summed E-state index contributed by atoms with van der Waals surface area (Å²) in [7, 11) is 0. The molecule has 0 saturated carbocycles. The highest BCUT2D eigenvalue weighted by Crippen LogP contribution is 2.27. The summed E-state index contributed by atoms with van der Waals surface area (Å²) >= 11 is 3.21. The van der Waals surface area contributed by atoms with Gasteiger partial charge in [0.15, 0.2) is 11.6 Å². The number of fused-ring (bicyclic) bond motifs is 1. The van der Waals surface area contributed by atoms with Crippen LogP contribution >= 0.6 is 15.9 Å². The fourth-order valence-electron chi connectivity index (χ4n) is 1.35. The van der Waals surface area contributed by atoms with E-state index >= 15 is 0 Å². The fraction of sp³-hybridized carbons (Fsp3) is 0.0909. The van der Waals surface area contributed by atoms with E-state index in [1.165, 1.54) is 13.0 Å². The van der Waals surface area contributed by atoms with Gasteiger partial charge in [0.25, 0.3) is 0 Å². The van der Waals surface area contributed by atoms with Gasteiger partial charge >= 0.3 is 5.97 Å². The van der Waals surface area contributed by atoms with E-state index < -0.39 is 11.8 Å². The van der Waals surface area contributed by atoms with Gasteiger partial charge in [-0.15, -0.1) is 0 Å². The number of benzene rings is 1. The minimum Gasteiger partial charge on any atom is -0.424 e. The summed E-state index contributed by atoms with van der Waals surface area (Å²) in [5, 5.41) is 0.313. The average molecular weight is 284 g/mol. The van der Waals surface area contributed by atoms with Gasteiger partial charge in [0.05, 0.1) is 5.52 Å². The number of carbonyl (C=O) groups excluding carboxylic acids is 1. The molecule has 0 unspecified atom stereocenters. The van der Waals surface area contributed by atoms with Crippen LogP contribution in [-0.4, -0.2) is 11.0 Å². The standard InChI is InChI=1S/C11H7BrFNO2/c1-6(15)16-10-3-2-9-8(11(10)13)4-7(12)5-14-9/h2-5H,1H3. The summed E-state index contributed by atoms with van der Waals surface area (Å²) in [4.78, 5) is 14.8. The maximum atomic E-state index is 13.9. The second kappa shape index (κ2) is 4.17. The summed E-state index contributed by atoms with van der Waals surface area (Å²) in [5.41, 5.74) is 0.511. The van der Waals surface area contributed by atoms with Crippen LogP contribution in [0.25, 0.3) is 10.9 Å². The van der Waals surface area contributed by atoms with Crippen LogP contribution in [-0.2, 0) is 4.79 Å². The number of aromatic nitrogens is 1. The second-order valence-electron chi connectivity index (χ2n) is 3.19. The Kier molecular flexibility index (Phi) is 2.87. The van der Waals surface area contributed by atoms with Crippen LogP contribution in [0.3, 0.4) is 0 Å². The number of nitrogens with zero attached hydrogens (tertiary/aromatic N) is 1. The Hall–Kier alpha value is -1.49. The Balaban J connectivity index is 2.63. The molecule has 0 N–H and O–H groups in total. The van der Waals surface area contributed by atoms with Gasteiger partial charge in [-0.05, 0) is 34.1 Å². The van der Waals surface area contributed by atoms with Crippen LogP contribution in [0.15, 0.2) is 28.9 Å². The number of ether oxygens (including phenoxy) is 1. The van der Waals surface area contributed by atoms with Gasteiger partial charge in [-0.25, -0.2) is 4.39 Å². The van der Waals surface area contributed by atoms with E-state index in [1.807, 2.05) is 0 Å². The van der Waals surface area contributed by atoms with Crippen molar-refractivity contribution in [3.05, 3.63) is 34.7 Å². The number of carbonyl (C=O) groups is 1. The first-order valence-corrected chi connectivity index (χ1v) is 5.29. The molecule has 0 aliphatic heterocycles. The highest BCUT2D eigenvalue weighted by atomic mass is 79.9. The summed E-state index contributed by atoms with van der Waals surface area (Å²) in [5.74, 6) is -1.22. The zero-order valence-electron chi connectivity index (χ0n) is 8.33. The molecule has 5 heteroatoms. The van der Waals surface area contributed by atoms with Crippen molar-refractivity contribution in [1.82, 2.24) is 4.98 Å².